The van der Waals surface area contributed by atoms with Crippen molar-refractivity contribution < 1.29 is 4.39 Å². The molecular weight excluding hydrogens is 442 g/mol. The van der Waals surface area contributed by atoms with Crippen molar-refractivity contribution >= 4 is 40.8 Å². The molecule has 1 saturated heterocycles. The average Bonchev–Trinajstić information content (AvgIpc) is 3.22. The monoisotopic (exact) mass is 470 g/mol. The summed E-state index contributed by atoms with van der Waals surface area (Å²) in [6.45, 7) is 3.14. The number of fused-ring (bicyclic) bond motifs is 2. The zero-order valence-electron chi connectivity index (χ0n) is 15.3. The molecule has 1 saturated carbocycles. The van der Waals surface area contributed by atoms with E-state index in [9.17, 15) is 4.39 Å². The molecule has 0 amide bonds. The average molecular weight is 470 g/mol. The van der Waals surface area contributed by atoms with Crippen LogP contribution in [0.1, 0.15) is 31.2 Å². The number of rotatable bonds is 3. The molecule has 4 rings (SSSR count). The van der Waals surface area contributed by atoms with E-state index in [2.05, 4.69) is 20.2 Å². The van der Waals surface area contributed by atoms with Crippen LogP contribution in [0.5, 0.6) is 0 Å². The van der Waals surface area contributed by atoms with E-state index in [1.54, 1.807) is 6.07 Å². The Balaban J connectivity index is 0.00000196. The van der Waals surface area contributed by atoms with E-state index >= 15 is 0 Å². The van der Waals surface area contributed by atoms with E-state index in [-0.39, 0.29) is 29.8 Å². The van der Waals surface area contributed by atoms with Crippen LogP contribution in [0.4, 0.5) is 4.39 Å². The third kappa shape index (κ3) is 4.00. The van der Waals surface area contributed by atoms with Crippen molar-refractivity contribution in [1.29, 1.82) is 0 Å². The van der Waals surface area contributed by atoms with Crippen molar-refractivity contribution in [3.63, 3.8) is 0 Å². The van der Waals surface area contributed by atoms with Crippen molar-refractivity contribution in [3.8, 4) is 0 Å². The summed E-state index contributed by atoms with van der Waals surface area (Å²) in [7, 11) is 1.87. The number of aromatic nitrogens is 1. The van der Waals surface area contributed by atoms with Gasteiger partial charge < -0.3 is 15.2 Å². The molecule has 0 bridgehead atoms. The molecule has 2 heterocycles. The second-order valence-corrected chi connectivity index (χ2v) is 7.44. The molecule has 6 heteroatoms. The highest BCUT2D eigenvalue weighted by Gasteiger charge is 2.35. The third-order valence-electron chi connectivity index (χ3n) is 5.89. The second kappa shape index (κ2) is 8.59. The quantitative estimate of drug-likeness (QED) is 0.402. The number of benzene rings is 1. The van der Waals surface area contributed by atoms with Gasteiger partial charge in [-0.15, -0.1) is 24.0 Å². The summed E-state index contributed by atoms with van der Waals surface area (Å²) in [4.78, 5) is 10.1. The van der Waals surface area contributed by atoms with Crippen LogP contribution in [-0.2, 0) is 6.42 Å². The first-order chi connectivity index (χ1) is 12.2. The van der Waals surface area contributed by atoms with Gasteiger partial charge in [-0.05, 0) is 54.9 Å². The van der Waals surface area contributed by atoms with Gasteiger partial charge in [-0.3, -0.25) is 4.99 Å². The maximum atomic E-state index is 13.3. The van der Waals surface area contributed by atoms with Crippen molar-refractivity contribution in [2.24, 2.45) is 16.8 Å². The van der Waals surface area contributed by atoms with Gasteiger partial charge in [-0.2, -0.15) is 0 Å². The Morgan fingerprint density at radius 1 is 1.27 bits per heavy atom. The molecule has 2 aromatic rings. The summed E-state index contributed by atoms with van der Waals surface area (Å²) in [5, 5.41) is 4.63. The first kappa shape index (κ1) is 19.5. The van der Waals surface area contributed by atoms with Crippen LogP contribution < -0.4 is 5.32 Å². The van der Waals surface area contributed by atoms with Gasteiger partial charge in [0.15, 0.2) is 5.96 Å². The Bertz CT molecular complexity index is 758. The van der Waals surface area contributed by atoms with Gasteiger partial charge in [0.05, 0.1) is 0 Å². The van der Waals surface area contributed by atoms with E-state index in [4.69, 9.17) is 0 Å². The molecule has 26 heavy (non-hydrogen) atoms. The van der Waals surface area contributed by atoms with Crippen LogP contribution in [0.15, 0.2) is 29.4 Å². The van der Waals surface area contributed by atoms with Gasteiger partial charge in [0.2, 0.25) is 0 Å². The fraction of sp³-hybridized carbons (Fsp3) is 0.550. The fourth-order valence-electron chi connectivity index (χ4n) is 4.59. The zero-order valence-corrected chi connectivity index (χ0v) is 17.6. The molecule has 2 aliphatic rings. The predicted molar refractivity (Wildman–Crippen MR) is 116 cm³/mol. The minimum atomic E-state index is -0.199. The number of halogens is 2. The molecule has 2 N–H and O–H groups in total. The highest BCUT2D eigenvalue weighted by molar-refractivity contribution is 14.0. The van der Waals surface area contributed by atoms with Crippen LogP contribution in [0.25, 0.3) is 10.9 Å². The number of aliphatic imine (C=N–C) groups is 1. The lowest BCUT2D eigenvalue weighted by atomic mass is 9.82. The molecule has 0 radical (unpaired) electrons. The molecule has 1 aliphatic heterocycles. The SMILES string of the molecule is CN=C(NCCc1c[nH]c2cc(F)ccc12)N1CC2CCCCC2C1.I. The third-order valence-corrected chi connectivity index (χ3v) is 5.89. The van der Waals surface area contributed by atoms with E-state index in [0.717, 1.165) is 54.8 Å². The van der Waals surface area contributed by atoms with Gasteiger partial charge in [0.1, 0.15) is 5.82 Å². The Labute approximate surface area is 171 Å². The fourth-order valence-corrected chi connectivity index (χ4v) is 4.59. The van der Waals surface area contributed by atoms with Crippen LogP contribution in [-0.4, -0.2) is 42.5 Å². The Morgan fingerprint density at radius 2 is 2.00 bits per heavy atom. The van der Waals surface area contributed by atoms with Crippen molar-refractivity contribution in [2.45, 2.75) is 32.1 Å². The number of guanidine groups is 1. The van der Waals surface area contributed by atoms with Crippen LogP contribution >= 0.6 is 24.0 Å². The summed E-state index contributed by atoms with van der Waals surface area (Å²) >= 11 is 0. The van der Waals surface area contributed by atoms with Gasteiger partial charge in [0.25, 0.3) is 0 Å². The first-order valence-electron chi connectivity index (χ1n) is 9.45. The molecule has 1 aliphatic carbocycles. The lowest BCUT2D eigenvalue weighted by Crippen LogP contribution is -2.41. The number of hydrogen-bond donors (Lipinski definition) is 2. The Kier molecular flexibility index (Phi) is 6.42. The van der Waals surface area contributed by atoms with E-state index in [1.807, 2.05) is 19.3 Å². The van der Waals surface area contributed by atoms with E-state index in [0.29, 0.717) is 0 Å². The van der Waals surface area contributed by atoms with Gasteiger partial charge >= 0.3 is 0 Å². The molecule has 4 nitrogen and oxygen atoms in total. The minimum Gasteiger partial charge on any atom is -0.361 e. The molecule has 1 aromatic heterocycles. The van der Waals surface area contributed by atoms with Crippen molar-refractivity contribution in [3.05, 3.63) is 35.8 Å². The van der Waals surface area contributed by atoms with E-state index in [1.165, 1.54) is 37.3 Å². The molecule has 2 unspecified atom stereocenters. The van der Waals surface area contributed by atoms with Gasteiger partial charge in [-0.25, -0.2) is 4.39 Å². The number of nitrogens with one attached hydrogen (secondary N) is 2. The predicted octanol–water partition coefficient (Wildman–Crippen LogP) is 4.16. The molecular formula is C20H28FIN4. The number of H-pyrrole nitrogens is 1. The number of nitrogens with zero attached hydrogens (tertiary/aromatic N) is 2. The molecule has 0 spiro atoms. The summed E-state index contributed by atoms with van der Waals surface area (Å²) in [5.41, 5.74) is 2.08. The molecule has 2 fully saturated rings. The lowest BCUT2D eigenvalue weighted by Gasteiger charge is -2.22. The highest BCUT2D eigenvalue weighted by atomic mass is 127. The topological polar surface area (TPSA) is 43.4 Å². The molecule has 2 atom stereocenters. The number of aromatic amines is 1. The van der Waals surface area contributed by atoms with E-state index < -0.39 is 0 Å². The standard InChI is InChI=1S/C20H27FN4.HI/c1-22-20(25-12-15-4-2-3-5-16(15)13-25)23-9-8-14-11-24-19-10-17(21)6-7-18(14)19;/h6-7,10-11,15-16,24H,2-5,8-9,12-13H2,1H3,(H,22,23);1H. The largest absolute Gasteiger partial charge is 0.361 e. The maximum Gasteiger partial charge on any atom is 0.193 e. The lowest BCUT2D eigenvalue weighted by molar-refractivity contribution is 0.299. The van der Waals surface area contributed by atoms with Crippen LogP contribution in [0.3, 0.4) is 0 Å². The zero-order chi connectivity index (χ0) is 17.2. The Hall–Kier alpha value is -1.31. The van der Waals surface area contributed by atoms with Crippen LogP contribution in [0.2, 0.25) is 0 Å². The summed E-state index contributed by atoms with van der Waals surface area (Å²) < 4.78 is 13.3. The summed E-state index contributed by atoms with van der Waals surface area (Å²) in [6, 6.07) is 4.94. The van der Waals surface area contributed by atoms with Crippen molar-refractivity contribution in [2.75, 3.05) is 26.7 Å². The summed E-state index contributed by atoms with van der Waals surface area (Å²) in [5.74, 6) is 2.54. The molecule has 1 aromatic carbocycles. The maximum absolute atomic E-state index is 13.3. The number of likely N-dealkylation sites (tertiary alicyclic amines) is 1. The van der Waals surface area contributed by atoms with Crippen molar-refractivity contribution in [1.82, 2.24) is 15.2 Å². The number of hydrogen-bond acceptors (Lipinski definition) is 1. The van der Waals surface area contributed by atoms with Crippen LogP contribution in [0, 0.1) is 17.7 Å². The first-order valence-corrected chi connectivity index (χ1v) is 9.45. The van der Waals surface area contributed by atoms with Gasteiger partial charge in [0, 0.05) is 43.8 Å². The summed E-state index contributed by atoms with van der Waals surface area (Å²) in [6.07, 6.45) is 8.42. The normalized spacial score (nSPS) is 23.0. The Morgan fingerprint density at radius 3 is 2.69 bits per heavy atom. The minimum absolute atomic E-state index is 0. The molecule has 142 valence electrons. The second-order valence-electron chi connectivity index (χ2n) is 7.44. The smallest absolute Gasteiger partial charge is 0.193 e. The van der Waals surface area contributed by atoms with Gasteiger partial charge in [-0.1, -0.05) is 12.8 Å². The highest BCUT2D eigenvalue weighted by Crippen LogP contribution is 2.35.